The van der Waals surface area contributed by atoms with E-state index >= 15 is 0 Å². The fourth-order valence-electron chi connectivity index (χ4n) is 1.46. The number of hydrogen-bond acceptors (Lipinski definition) is 4. The van der Waals surface area contributed by atoms with Gasteiger partial charge in [0.05, 0.1) is 5.02 Å². The molecule has 0 unspecified atom stereocenters. The first-order valence-corrected chi connectivity index (χ1v) is 6.53. The minimum absolute atomic E-state index is 0.236. The second-order valence-electron chi connectivity index (χ2n) is 3.77. The smallest absolute Gasteiger partial charge is 0.316 e. The Bertz CT molecular complexity index is 607. The Morgan fingerprint density at radius 1 is 1.56 bits per heavy atom. The highest BCUT2D eigenvalue weighted by Gasteiger charge is 2.09. The van der Waals surface area contributed by atoms with E-state index in [1.54, 1.807) is 7.05 Å². The molecule has 0 spiro atoms. The summed E-state index contributed by atoms with van der Waals surface area (Å²) in [4.78, 5) is 12.1. The number of rotatable bonds is 4. The van der Waals surface area contributed by atoms with Crippen molar-refractivity contribution in [1.82, 2.24) is 20.1 Å². The molecule has 2 rings (SSSR count). The van der Waals surface area contributed by atoms with Crippen molar-refractivity contribution in [2.75, 3.05) is 7.05 Å². The Hall–Kier alpha value is -1.24. The average Bonchev–Trinajstić information content (AvgIpc) is 2.65. The lowest BCUT2D eigenvalue weighted by Crippen LogP contribution is -2.12. The van der Waals surface area contributed by atoms with Gasteiger partial charge in [-0.2, -0.15) is 0 Å². The molecule has 1 aromatic heterocycles. The molecule has 2 aromatic rings. The molecule has 0 saturated heterocycles. The zero-order valence-corrected chi connectivity index (χ0v) is 11.6. The van der Waals surface area contributed by atoms with Crippen LogP contribution < -0.4 is 11.0 Å². The third-order valence-corrected chi connectivity index (χ3v) is 3.97. The van der Waals surface area contributed by atoms with Crippen molar-refractivity contribution in [3.8, 4) is 0 Å². The summed E-state index contributed by atoms with van der Waals surface area (Å²) in [7, 11) is 3.55. The van der Waals surface area contributed by atoms with Crippen LogP contribution in [0.25, 0.3) is 0 Å². The number of nitrogens with zero attached hydrogens (tertiary/aromatic N) is 2. The van der Waals surface area contributed by atoms with Gasteiger partial charge in [0.15, 0.2) is 5.16 Å². The Balaban J connectivity index is 2.24. The van der Waals surface area contributed by atoms with Crippen molar-refractivity contribution in [3.63, 3.8) is 0 Å². The van der Waals surface area contributed by atoms with Crippen molar-refractivity contribution in [2.24, 2.45) is 7.05 Å². The molecule has 0 bridgehead atoms. The SMILES string of the molecule is CNCc1ccc(Sc2n[nH]c(=O)n2C)c(Cl)c1. The largest absolute Gasteiger partial charge is 0.343 e. The Kier molecular flexibility index (Phi) is 4.11. The fraction of sp³-hybridized carbons (Fsp3) is 0.273. The minimum atomic E-state index is -0.236. The van der Waals surface area contributed by atoms with E-state index in [1.807, 2.05) is 25.2 Å². The predicted octanol–water partition coefficient (Wildman–Crippen LogP) is 1.63. The summed E-state index contributed by atoms with van der Waals surface area (Å²) in [5.74, 6) is 0. The molecule has 0 aliphatic rings. The van der Waals surface area contributed by atoms with Crippen LogP contribution in [0.2, 0.25) is 5.02 Å². The highest BCUT2D eigenvalue weighted by molar-refractivity contribution is 7.99. The zero-order valence-electron chi connectivity index (χ0n) is 10.0. The maximum Gasteiger partial charge on any atom is 0.343 e. The van der Waals surface area contributed by atoms with Crippen molar-refractivity contribution in [3.05, 3.63) is 39.3 Å². The van der Waals surface area contributed by atoms with Crippen LogP contribution in [0, 0.1) is 0 Å². The normalized spacial score (nSPS) is 10.8. The van der Waals surface area contributed by atoms with Gasteiger partial charge in [-0.3, -0.25) is 4.57 Å². The zero-order chi connectivity index (χ0) is 13.1. The molecule has 0 saturated carbocycles. The molecule has 1 heterocycles. The summed E-state index contributed by atoms with van der Waals surface area (Å²) in [6.45, 7) is 0.769. The van der Waals surface area contributed by atoms with Crippen molar-refractivity contribution in [1.29, 1.82) is 0 Å². The van der Waals surface area contributed by atoms with E-state index in [0.717, 1.165) is 17.0 Å². The number of aromatic amines is 1. The third-order valence-electron chi connectivity index (χ3n) is 2.42. The molecule has 0 atom stereocenters. The quantitative estimate of drug-likeness (QED) is 0.896. The third kappa shape index (κ3) is 2.77. The maximum absolute atomic E-state index is 11.2. The number of H-pyrrole nitrogens is 1. The van der Waals surface area contributed by atoms with E-state index in [1.165, 1.54) is 16.3 Å². The van der Waals surface area contributed by atoms with Gasteiger partial charge in [-0.05, 0) is 36.5 Å². The Labute approximate surface area is 114 Å². The van der Waals surface area contributed by atoms with Crippen molar-refractivity contribution >= 4 is 23.4 Å². The first-order chi connectivity index (χ1) is 8.61. The van der Waals surface area contributed by atoms with Crippen LogP contribution in [-0.4, -0.2) is 21.8 Å². The molecule has 0 fully saturated rings. The minimum Gasteiger partial charge on any atom is -0.316 e. The molecule has 7 heteroatoms. The molecule has 0 aliphatic heterocycles. The second kappa shape index (κ2) is 5.60. The lowest BCUT2D eigenvalue weighted by molar-refractivity contribution is 0.766. The summed E-state index contributed by atoms with van der Waals surface area (Å²) in [6, 6.07) is 5.83. The monoisotopic (exact) mass is 284 g/mol. The second-order valence-corrected chi connectivity index (χ2v) is 5.18. The van der Waals surface area contributed by atoms with Crippen LogP contribution in [0.5, 0.6) is 0 Å². The molecule has 0 radical (unpaired) electrons. The van der Waals surface area contributed by atoms with Crippen molar-refractivity contribution < 1.29 is 0 Å². The number of halogens is 1. The topological polar surface area (TPSA) is 62.7 Å². The summed E-state index contributed by atoms with van der Waals surface area (Å²) < 4.78 is 1.45. The van der Waals surface area contributed by atoms with Crippen LogP contribution in [0.3, 0.4) is 0 Å². The van der Waals surface area contributed by atoms with Crippen LogP contribution in [0.4, 0.5) is 0 Å². The molecule has 1 aromatic carbocycles. The standard InChI is InChI=1S/C11H13ClN4OS/c1-13-6-7-3-4-9(8(12)5-7)18-11-15-14-10(17)16(11)2/h3-5,13H,6H2,1-2H3,(H,14,17). The van der Waals surface area contributed by atoms with Gasteiger partial charge < -0.3 is 5.32 Å². The van der Waals surface area contributed by atoms with Crippen LogP contribution in [0.1, 0.15) is 5.56 Å². The summed E-state index contributed by atoms with van der Waals surface area (Å²) in [5.41, 5.74) is 0.878. The van der Waals surface area contributed by atoms with Crippen molar-refractivity contribution in [2.45, 2.75) is 16.6 Å². The van der Waals surface area contributed by atoms with Gasteiger partial charge in [-0.15, -0.1) is 5.10 Å². The highest BCUT2D eigenvalue weighted by atomic mass is 35.5. The van der Waals surface area contributed by atoms with E-state index in [2.05, 4.69) is 15.5 Å². The van der Waals surface area contributed by atoms with Gasteiger partial charge in [0.1, 0.15) is 0 Å². The Morgan fingerprint density at radius 3 is 2.89 bits per heavy atom. The number of benzene rings is 1. The molecule has 18 heavy (non-hydrogen) atoms. The molecule has 0 amide bonds. The molecule has 96 valence electrons. The number of hydrogen-bond donors (Lipinski definition) is 2. The Morgan fingerprint density at radius 2 is 2.33 bits per heavy atom. The first kappa shape index (κ1) is 13.2. The van der Waals surface area contributed by atoms with Gasteiger partial charge in [0.25, 0.3) is 0 Å². The molecular weight excluding hydrogens is 272 g/mol. The van der Waals surface area contributed by atoms with E-state index in [4.69, 9.17) is 11.6 Å². The van der Waals surface area contributed by atoms with Gasteiger partial charge in [-0.1, -0.05) is 17.7 Å². The lowest BCUT2D eigenvalue weighted by atomic mass is 10.2. The molecule has 0 aliphatic carbocycles. The van der Waals surface area contributed by atoms with Gasteiger partial charge in [0, 0.05) is 18.5 Å². The lowest BCUT2D eigenvalue weighted by Gasteiger charge is -2.06. The summed E-state index contributed by atoms with van der Waals surface area (Å²) in [5, 5.41) is 10.6. The van der Waals surface area contributed by atoms with E-state index < -0.39 is 0 Å². The molecular formula is C11H13ClN4OS. The number of aromatic nitrogens is 3. The molecule has 2 N–H and O–H groups in total. The van der Waals surface area contributed by atoms with Crippen LogP contribution in [-0.2, 0) is 13.6 Å². The fourth-order valence-corrected chi connectivity index (χ4v) is 2.58. The predicted molar refractivity (Wildman–Crippen MR) is 72.2 cm³/mol. The van der Waals surface area contributed by atoms with E-state index in [-0.39, 0.29) is 5.69 Å². The van der Waals surface area contributed by atoms with E-state index in [0.29, 0.717) is 10.2 Å². The van der Waals surface area contributed by atoms with Crippen LogP contribution in [0.15, 0.2) is 33.0 Å². The van der Waals surface area contributed by atoms with Gasteiger partial charge in [0.2, 0.25) is 0 Å². The molecule has 5 nitrogen and oxygen atoms in total. The maximum atomic E-state index is 11.2. The highest BCUT2D eigenvalue weighted by Crippen LogP contribution is 2.31. The summed E-state index contributed by atoms with van der Waals surface area (Å²) >= 11 is 7.56. The first-order valence-electron chi connectivity index (χ1n) is 5.34. The number of nitrogens with one attached hydrogen (secondary N) is 2. The average molecular weight is 285 g/mol. The van der Waals surface area contributed by atoms with Gasteiger partial charge in [-0.25, -0.2) is 9.89 Å². The van der Waals surface area contributed by atoms with Crippen LogP contribution >= 0.6 is 23.4 Å². The van der Waals surface area contributed by atoms with Gasteiger partial charge >= 0.3 is 5.69 Å². The summed E-state index contributed by atoms with van der Waals surface area (Å²) in [6.07, 6.45) is 0. The van der Waals surface area contributed by atoms with E-state index in [9.17, 15) is 4.79 Å².